The molecule has 26 heavy (non-hydrogen) atoms. The lowest BCUT2D eigenvalue weighted by Gasteiger charge is -2.35. The normalized spacial score (nSPS) is 17.5. The summed E-state index contributed by atoms with van der Waals surface area (Å²) in [7, 11) is 1.93. The van der Waals surface area contributed by atoms with Gasteiger partial charge in [-0.2, -0.15) is 0 Å². The highest BCUT2D eigenvalue weighted by Crippen LogP contribution is 2.30. The summed E-state index contributed by atoms with van der Waals surface area (Å²) < 4.78 is 7.78. The van der Waals surface area contributed by atoms with E-state index in [1.165, 1.54) is 0 Å². The van der Waals surface area contributed by atoms with Crippen LogP contribution in [0.3, 0.4) is 0 Å². The number of imidazole rings is 1. The van der Waals surface area contributed by atoms with E-state index in [2.05, 4.69) is 10.3 Å². The second-order valence-electron chi connectivity index (χ2n) is 6.26. The van der Waals surface area contributed by atoms with E-state index in [0.29, 0.717) is 29.6 Å². The number of halogens is 1. The van der Waals surface area contributed by atoms with Gasteiger partial charge in [0.15, 0.2) is 5.76 Å². The van der Waals surface area contributed by atoms with Crippen molar-refractivity contribution in [2.45, 2.75) is 6.04 Å². The highest BCUT2D eigenvalue weighted by molar-refractivity contribution is 6.33. The third-order valence-corrected chi connectivity index (χ3v) is 4.95. The molecule has 1 aliphatic heterocycles. The number of carbonyl (C=O) groups is 1. The molecule has 0 spiro atoms. The minimum atomic E-state index is -0.141. The van der Waals surface area contributed by atoms with E-state index in [0.717, 1.165) is 17.9 Å². The van der Waals surface area contributed by atoms with Gasteiger partial charge in [-0.15, -0.1) is 0 Å². The van der Waals surface area contributed by atoms with E-state index in [9.17, 15) is 4.79 Å². The summed E-state index contributed by atoms with van der Waals surface area (Å²) in [5.74, 6) is 1.60. The summed E-state index contributed by atoms with van der Waals surface area (Å²) in [6.07, 6.45) is 3.63. The van der Waals surface area contributed by atoms with Crippen molar-refractivity contribution in [3.05, 3.63) is 65.4 Å². The summed E-state index contributed by atoms with van der Waals surface area (Å²) in [4.78, 5) is 19.3. The molecule has 1 aromatic carbocycles. The zero-order valence-corrected chi connectivity index (χ0v) is 15.1. The highest BCUT2D eigenvalue weighted by Gasteiger charge is 2.32. The molecule has 0 saturated carbocycles. The molecule has 3 heterocycles. The van der Waals surface area contributed by atoms with Gasteiger partial charge in [-0.1, -0.05) is 23.7 Å². The van der Waals surface area contributed by atoms with E-state index in [1.807, 2.05) is 40.9 Å². The van der Waals surface area contributed by atoms with E-state index < -0.39 is 0 Å². The first-order chi connectivity index (χ1) is 12.6. The van der Waals surface area contributed by atoms with Gasteiger partial charge in [-0.25, -0.2) is 4.98 Å². The van der Waals surface area contributed by atoms with Crippen LogP contribution in [0.4, 0.5) is 0 Å². The van der Waals surface area contributed by atoms with Crippen molar-refractivity contribution in [2.75, 3.05) is 19.6 Å². The average molecular weight is 371 g/mol. The first-order valence-corrected chi connectivity index (χ1v) is 8.86. The lowest BCUT2D eigenvalue weighted by molar-refractivity contribution is 0.0589. The fourth-order valence-electron chi connectivity index (χ4n) is 3.28. The molecular weight excluding hydrogens is 352 g/mol. The molecule has 1 amide bonds. The van der Waals surface area contributed by atoms with Crippen molar-refractivity contribution in [3.8, 4) is 11.3 Å². The standard InChI is InChI=1S/C19H19ClN4O2/c1-23-10-9-22-18(23)15-12-21-8-11-24(15)19(25)17-7-6-16(26-17)13-4-2-3-5-14(13)20/h2-7,9-10,15,21H,8,11-12H2,1H3. The quantitative estimate of drug-likeness (QED) is 0.769. The van der Waals surface area contributed by atoms with Gasteiger partial charge in [0.05, 0.1) is 5.02 Å². The maximum atomic E-state index is 13.1. The predicted octanol–water partition coefficient (Wildman–Crippen LogP) is 3.12. The number of hydrogen-bond acceptors (Lipinski definition) is 4. The number of aromatic nitrogens is 2. The Labute approximate surface area is 156 Å². The fraction of sp³-hybridized carbons (Fsp3) is 0.263. The topological polar surface area (TPSA) is 63.3 Å². The zero-order valence-electron chi connectivity index (χ0n) is 14.4. The highest BCUT2D eigenvalue weighted by atomic mass is 35.5. The van der Waals surface area contributed by atoms with Crippen molar-refractivity contribution in [1.82, 2.24) is 19.8 Å². The van der Waals surface area contributed by atoms with Gasteiger partial charge < -0.3 is 19.2 Å². The Morgan fingerprint density at radius 2 is 2.15 bits per heavy atom. The number of rotatable bonds is 3. The number of aryl methyl sites for hydroxylation is 1. The number of hydrogen-bond donors (Lipinski definition) is 1. The molecule has 7 heteroatoms. The van der Waals surface area contributed by atoms with Crippen LogP contribution in [0, 0.1) is 0 Å². The molecule has 2 aromatic heterocycles. The number of carbonyl (C=O) groups excluding carboxylic acids is 1. The summed E-state index contributed by atoms with van der Waals surface area (Å²) in [5.41, 5.74) is 0.772. The minimum absolute atomic E-state index is 0.134. The first kappa shape index (κ1) is 16.9. The lowest BCUT2D eigenvalue weighted by atomic mass is 10.1. The number of piperazine rings is 1. The van der Waals surface area contributed by atoms with Crippen LogP contribution in [-0.4, -0.2) is 40.0 Å². The van der Waals surface area contributed by atoms with Crippen molar-refractivity contribution < 1.29 is 9.21 Å². The maximum absolute atomic E-state index is 13.1. The first-order valence-electron chi connectivity index (χ1n) is 8.49. The Morgan fingerprint density at radius 1 is 1.31 bits per heavy atom. The molecule has 4 rings (SSSR count). The van der Waals surface area contributed by atoms with Gasteiger partial charge in [0.1, 0.15) is 17.6 Å². The monoisotopic (exact) mass is 370 g/mol. The molecule has 1 saturated heterocycles. The number of nitrogens with zero attached hydrogens (tertiary/aromatic N) is 3. The lowest BCUT2D eigenvalue weighted by Crippen LogP contribution is -2.49. The van der Waals surface area contributed by atoms with Crippen LogP contribution in [0.2, 0.25) is 5.02 Å². The SMILES string of the molecule is Cn1ccnc1C1CNCCN1C(=O)c1ccc(-c2ccccc2Cl)o1. The third-order valence-electron chi connectivity index (χ3n) is 4.62. The Bertz CT molecular complexity index is 933. The van der Waals surface area contributed by atoms with Gasteiger partial charge in [0, 0.05) is 44.6 Å². The Hall–Kier alpha value is -2.57. The summed E-state index contributed by atoms with van der Waals surface area (Å²) in [6.45, 7) is 2.00. The fourth-order valence-corrected chi connectivity index (χ4v) is 3.51. The van der Waals surface area contributed by atoms with Crippen LogP contribution in [0.15, 0.2) is 53.2 Å². The summed E-state index contributed by atoms with van der Waals surface area (Å²) >= 11 is 6.23. The van der Waals surface area contributed by atoms with Crippen LogP contribution >= 0.6 is 11.6 Å². The van der Waals surface area contributed by atoms with Crippen LogP contribution in [0.1, 0.15) is 22.4 Å². The second kappa shape index (κ2) is 6.97. The molecule has 3 aromatic rings. The summed E-state index contributed by atoms with van der Waals surface area (Å²) in [5, 5.41) is 3.92. The van der Waals surface area contributed by atoms with Crippen molar-refractivity contribution in [2.24, 2.45) is 7.05 Å². The smallest absolute Gasteiger partial charge is 0.290 e. The number of benzene rings is 1. The van der Waals surface area contributed by atoms with Crippen LogP contribution < -0.4 is 5.32 Å². The predicted molar refractivity (Wildman–Crippen MR) is 99.0 cm³/mol. The average Bonchev–Trinajstić information content (AvgIpc) is 3.31. The van der Waals surface area contributed by atoms with E-state index in [4.69, 9.17) is 16.0 Å². The number of nitrogens with one attached hydrogen (secondary N) is 1. The van der Waals surface area contributed by atoms with Gasteiger partial charge in [-0.3, -0.25) is 4.79 Å². The molecular formula is C19H19ClN4O2. The molecule has 1 atom stereocenters. The van der Waals surface area contributed by atoms with E-state index in [-0.39, 0.29) is 11.9 Å². The molecule has 1 unspecified atom stereocenters. The Morgan fingerprint density at radius 3 is 2.92 bits per heavy atom. The van der Waals surface area contributed by atoms with Crippen molar-refractivity contribution >= 4 is 17.5 Å². The third kappa shape index (κ3) is 3.02. The molecule has 0 aliphatic carbocycles. The van der Waals surface area contributed by atoms with Gasteiger partial charge in [0.2, 0.25) is 0 Å². The Kier molecular flexibility index (Phi) is 4.53. The van der Waals surface area contributed by atoms with Gasteiger partial charge in [0.25, 0.3) is 5.91 Å². The van der Waals surface area contributed by atoms with Crippen molar-refractivity contribution in [1.29, 1.82) is 0 Å². The van der Waals surface area contributed by atoms with E-state index >= 15 is 0 Å². The van der Waals surface area contributed by atoms with Crippen LogP contribution in [-0.2, 0) is 7.05 Å². The van der Waals surface area contributed by atoms with Crippen LogP contribution in [0.5, 0.6) is 0 Å². The second-order valence-corrected chi connectivity index (χ2v) is 6.67. The van der Waals surface area contributed by atoms with Gasteiger partial charge in [-0.05, 0) is 24.3 Å². The molecule has 1 aliphatic rings. The van der Waals surface area contributed by atoms with Crippen LogP contribution in [0.25, 0.3) is 11.3 Å². The molecule has 0 radical (unpaired) electrons. The molecule has 1 fully saturated rings. The molecule has 1 N–H and O–H groups in total. The number of amides is 1. The largest absolute Gasteiger partial charge is 0.451 e. The van der Waals surface area contributed by atoms with Crippen molar-refractivity contribution in [3.63, 3.8) is 0 Å². The molecule has 6 nitrogen and oxygen atoms in total. The Balaban J connectivity index is 1.62. The zero-order chi connectivity index (χ0) is 18.1. The van der Waals surface area contributed by atoms with E-state index in [1.54, 1.807) is 24.4 Å². The minimum Gasteiger partial charge on any atom is -0.451 e. The van der Waals surface area contributed by atoms with Gasteiger partial charge >= 0.3 is 0 Å². The molecule has 134 valence electrons. The molecule has 0 bridgehead atoms. The number of furan rings is 1. The maximum Gasteiger partial charge on any atom is 0.290 e. The summed E-state index contributed by atoms with van der Waals surface area (Å²) in [6, 6.07) is 10.8.